The number of carbonyl (C=O) groups excluding carboxylic acids is 2. The van der Waals surface area contributed by atoms with Gasteiger partial charge in [0.15, 0.2) is 0 Å². The Morgan fingerprint density at radius 3 is 2.21 bits per heavy atom. The first-order chi connectivity index (χ1) is 11.2. The fourth-order valence-electron chi connectivity index (χ4n) is 2.02. The lowest BCUT2D eigenvalue weighted by Gasteiger charge is -2.21. The van der Waals surface area contributed by atoms with E-state index in [2.05, 4.69) is 4.74 Å². The molecule has 6 nitrogen and oxygen atoms in total. The molecule has 24 heavy (non-hydrogen) atoms. The fraction of sp³-hybridized carbons (Fsp3) is 0.400. The lowest BCUT2D eigenvalue weighted by molar-refractivity contribution is -0.145. The zero-order valence-electron chi connectivity index (χ0n) is 12.9. The summed E-state index contributed by atoms with van der Waals surface area (Å²) in [5.74, 6) is -8.59. The first kappa shape index (κ1) is 19.5. The van der Waals surface area contributed by atoms with Crippen molar-refractivity contribution in [2.75, 3.05) is 6.61 Å². The van der Waals surface area contributed by atoms with Gasteiger partial charge in [-0.2, -0.15) is 0 Å². The Balaban J connectivity index is 2.95. The topological polar surface area (TPSA) is 92.7 Å². The number of aliphatic carboxylic acids is 1. The quantitative estimate of drug-likeness (QED) is 0.735. The van der Waals surface area contributed by atoms with Crippen LogP contribution in [0.2, 0.25) is 0 Å². The first-order valence-electron chi connectivity index (χ1n) is 7.01. The number of ether oxygens (including phenoxy) is 1. The van der Waals surface area contributed by atoms with Crippen LogP contribution in [0.4, 0.5) is 13.2 Å². The maximum atomic E-state index is 13.6. The zero-order valence-corrected chi connectivity index (χ0v) is 12.9. The summed E-state index contributed by atoms with van der Waals surface area (Å²) >= 11 is 0. The molecule has 0 heterocycles. The molecule has 0 saturated carbocycles. The standard InChI is InChI=1S/C15H16F3NO5/c1-3-24-11(20)4-7(2)13(15(22)23)19-14(21)12-9(17)5-8(16)6-10(12)18/h5-7,13H,3-4H2,1-2H3,(H,19,21)(H,22,23)/t7-,13-/m1/s1. The minimum Gasteiger partial charge on any atom is -0.480 e. The van der Waals surface area contributed by atoms with E-state index >= 15 is 0 Å². The van der Waals surface area contributed by atoms with Crippen molar-refractivity contribution >= 4 is 17.8 Å². The first-order valence-corrected chi connectivity index (χ1v) is 7.01. The fourth-order valence-corrected chi connectivity index (χ4v) is 2.02. The second-order valence-corrected chi connectivity index (χ2v) is 5.02. The summed E-state index contributed by atoms with van der Waals surface area (Å²) in [6, 6.07) is -0.989. The number of rotatable bonds is 7. The number of halogens is 3. The van der Waals surface area contributed by atoms with Crippen LogP contribution in [0.25, 0.3) is 0 Å². The highest BCUT2D eigenvalue weighted by Gasteiger charge is 2.30. The lowest BCUT2D eigenvalue weighted by Crippen LogP contribution is -2.46. The van der Waals surface area contributed by atoms with Crippen LogP contribution in [0.3, 0.4) is 0 Å². The van der Waals surface area contributed by atoms with Crippen LogP contribution in [0.15, 0.2) is 12.1 Å². The van der Waals surface area contributed by atoms with Gasteiger partial charge in [0.05, 0.1) is 13.0 Å². The van der Waals surface area contributed by atoms with Crippen molar-refractivity contribution in [3.05, 3.63) is 35.1 Å². The van der Waals surface area contributed by atoms with Crippen LogP contribution >= 0.6 is 0 Å². The van der Waals surface area contributed by atoms with Crippen molar-refractivity contribution in [2.24, 2.45) is 5.92 Å². The molecular formula is C15H16F3NO5. The third kappa shape index (κ3) is 4.97. The van der Waals surface area contributed by atoms with E-state index in [1.165, 1.54) is 6.92 Å². The molecule has 132 valence electrons. The van der Waals surface area contributed by atoms with Crippen molar-refractivity contribution < 1.29 is 37.4 Å². The van der Waals surface area contributed by atoms with Gasteiger partial charge in [-0.05, 0) is 12.8 Å². The highest BCUT2D eigenvalue weighted by atomic mass is 19.1. The van der Waals surface area contributed by atoms with Crippen LogP contribution in [-0.4, -0.2) is 35.6 Å². The maximum absolute atomic E-state index is 13.6. The highest BCUT2D eigenvalue weighted by Crippen LogP contribution is 2.16. The Labute approximate surface area is 135 Å². The van der Waals surface area contributed by atoms with Crippen molar-refractivity contribution in [3.63, 3.8) is 0 Å². The lowest BCUT2D eigenvalue weighted by atomic mass is 9.97. The number of nitrogens with one attached hydrogen (secondary N) is 1. The summed E-state index contributed by atoms with van der Waals surface area (Å²) in [4.78, 5) is 34.6. The smallest absolute Gasteiger partial charge is 0.326 e. The number of benzene rings is 1. The molecule has 0 radical (unpaired) electrons. The maximum Gasteiger partial charge on any atom is 0.326 e. The van der Waals surface area contributed by atoms with E-state index in [9.17, 15) is 27.6 Å². The van der Waals surface area contributed by atoms with E-state index in [0.717, 1.165) is 0 Å². The Hall–Kier alpha value is -2.58. The van der Waals surface area contributed by atoms with Gasteiger partial charge in [0.25, 0.3) is 5.91 Å². The SMILES string of the molecule is CCOC(=O)C[C@@H](C)[C@@H](NC(=O)c1c(F)cc(F)cc1F)C(=O)O. The van der Waals surface area contributed by atoms with Crippen molar-refractivity contribution in [2.45, 2.75) is 26.3 Å². The molecule has 0 aliphatic rings. The number of carboxylic acid groups (broad SMARTS) is 1. The number of amides is 1. The van der Waals surface area contributed by atoms with Crippen molar-refractivity contribution in [3.8, 4) is 0 Å². The summed E-state index contributed by atoms with van der Waals surface area (Å²) in [5, 5.41) is 11.1. The van der Waals surface area contributed by atoms with Gasteiger partial charge in [-0.1, -0.05) is 6.92 Å². The molecule has 0 saturated heterocycles. The minimum absolute atomic E-state index is 0.0989. The predicted octanol–water partition coefficient (Wildman–Crippen LogP) is 1.88. The van der Waals surface area contributed by atoms with Gasteiger partial charge in [-0.15, -0.1) is 0 Å². The van der Waals surface area contributed by atoms with Gasteiger partial charge in [0.2, 0.25) is 0 Å². The van der Waals surface area contributed by atoms with Gasteiger partial charge in [-0.3, -0.25) is 9.59 Å². The molecule has 0 unspecified atom stereocenters. The van der Waals surface area contributed by atoms with Gasteiger partial charge < -0.3 is 15.2 Å². The molecule has 1 aromatic rings. The van der Waals surface area contributed by atoms with Crippen molar-refractivity contribution in [1.29, 1.82) is 0 Å². The van der Waals surface area contributed by atoms with E-state index < -0.39 is 52.8 Å². The summed E-state index contributed by atoms with van der Waals surface area (Å²) in [7, 11) is 0. The molecule has 9 heteroatoms. The predicted molar refractivity (Wildman–Crippen MR) is 75.6 cm³/mol. The Kier molecular flexibility index (Phi) is 6.75. The van der Waals surface area contributed by atoms with Crippen molar-refractivity contribution in [1.82, 2.24) is 5.32 Å². The molecular weight excluding hydrogens is 331 g/mol. The van der Waals surface area contributed by atoms with Crippen LogP contribution in [-0.2, 0) is 14.3 Å². The largest absolute Gasteiger partial charge is 0.480 e. The van der Waals surface area contributed by atoms with Gasteiger partial charge in [0, 0.05) is 12.1 Å². The molecule has 1 aromatic carbocycles. The van der Waals surface area contributed by atoms with E-state index in [-0.39, 0.29) is 13.0 Å². The molecule has 0 spiro atoms. The summed E-state index contributed by atoms with van der Waals surface area (Å²) in [6.45, 7) is 3.02. The number of hydrogen-bond acceptors (Lipinski definition) is 4. The molecule has 1 amide bonds. The Morgan fingerprint density at radius 2 is 1.75 bits per heavy atom. The molecule has 2 atom stereocenters. The molecule has 0 aliphatic heterocycles. The number of carboxylic acids is 1. The van der Waals surface area contributed by atoms with E-state index in [0.29, 0.717) is 12.1 Å². The Bertz CT molecular complexity index is 627. The van der Waals surface area contributed by atoms with Crippen LogP contribution in [0, 0.1) is 23.4 Å². The normalized spacial score (nSPS) is 13.0. The van der Waals surface area contributed by atoms with Gasteiger partial charge in [0.1, 0.15) is 29.1 Å². The molecule has 0 bridgehead atoms. The van der Waals surface area contributed by atoms with Crippen LogP contribution in [0.1, 0.15) is 30.6 Å². The molecule has 1 rings (SSSR count). The molecule has 0 aromatic heterocycles. The number of hydrogen-bond donors (Lipinski definition) is 2. The molecule has 0 aliphatic carbocycles. The highest BCUT2D eigenvalue weighted by molar-refractivity contribution is 5.97. The van der Waals surface area contributed by atoms with Crippen LogP contribution < -0.4 is 5.32 Å². The van der Waals surface area contributed by atoms with Gasteiger partial charge in [-0.25, -0.2) is 18.0 Å². The minimum atomic E-state index is -1.59. The van der Waals surface area contributed by atoms with E-state index in [1.807, 2.05) is 5.32 Å². The third-order valence-electron chi connectivity index (χ3n) is 3.15. The average Bonchev–Trinajstić information content (AvgIpc) is 2.43. The summed E-state index contributed by atoms with van der Waals surface area (Å²) < 4.78 is 44.7. The monoisotopic (exact) mass is 347 g/mol. The van der Waals surface area contributed by atoms with E-state index in [4.69, 9.17) is 5.11 Å². The third-order valence-corrected chi connectivity index (χ3v) is 3.15. The molecule has 2 N–H and O–H groups in total. The average molecular weight is 347 g/mol. The number of esters is 1. The van der Waals surface area contributed by atoms with E-state index in [1.54, 1.807) is 6.92 Å². The molecule has 0 fully saturated rings. The summed E-state index contributed by atoms with van der Waals surface area (Å²) in [6.07, 6.45) is -0.320. The Morgan fingerprint density at radius 1 is 1.21 bits per heavy atom. The zero-order chi connectivity index (χ0) is 18.4. The second kappa shape index (κ2) is 8.32. The second-order valence-electron chi connectivity index (χ2n) is 5.02. The summed E-state index contributed by atoms with van der Waals surface area (Å²) in [5.41, 5.74) is -1.11. The number of carbonyl (C=O) groups is 3. The van der Waals surface area contributed by atoms with Gasteiger partial charge >= 0.3 is 11.9 Å². The van der Waals surface area contributed by atoms with Crippen LogP contribution in [0.5, 0.6) is 0 Å².